The number of benzene rings is 1. The minimum absolute atomic E-state index is 0.305. The molecular formula is C17H22O6. The summed E-state index contributed by atoms with van der Waals surface area (Å²) in [7, 11) is 1.10. The average Bonchev–Trinajstić information content (AvgIpc) is 2.56. The van der Waals surface area contributed by atoms with Gasteiger partial charge in [-0.2, -0.15) is 0 Å². The van der Waals surface area contributed by atoms with Crippen molar-refractivity contribution in [1.82, 2.24) is 0 Å². The van der Waals surface area contributed by atoms with E-state index in [-0.39, 0.29) is 5.76 Å². The molecule has 0 radical (unpaired) electrons. The molecule has 6 heteroatoms. The van der Waals surface area contributed by atoms with Crippen molar-refractivity contribution in [3.05, 3.63) is 29.8 Å². The second-order valence-electron chi connectivity index (χ2n) is 4.74. The highest BCUT2D eigenvalue weighted by Crippen LogP contribution is 2.29. The number of carbonyl (C=O) groups is 2. The first kappa shape index (κ1) is 18.5. The lowest BCUT2D eigenvalue weighted by molar-refractivity contribution is -0.149. The number of hydrogen-bond donors (Lipinski definition) is 1. The Bertz CT molecular complexity index is 576. The normalized spacial score (nSPS) is 11.0. The molecule has 1 N–H and O–H groups in total. The van der Waals surface area contributed by atoms with Gasteiger partial charge in [-0.3, -0.25) is 4.79 Å². The topological polar surface area (TPSA) is 82.1 Å². The van der Waals surface area contributed by atoms with Crippen molar-refractivity contribution in [2.45, 2.75) is 26.7 Å². The summed E-state index contributed by atoms with van der Waals surface area (Å²) >= 11 is 0. The third-order valence-corrected chi connectivity index (χ3v) is 2.82. The molecule has 0 aliphatic heterocycles. The molecule has 0 fully saturated rings. The molecule has 1 aromatic carbocycles. The smallest absolute Gasteiger partial charge is 0.378 e. The van der Waals surface area contributed by atoms with Crippen LogP contribution in [0, 0.1) is 0 Å². The van der Waals surface area contributed by atoms with Crippen LogP contribution in [0.4, 0.5) is 0 Å². The summed E-state index contributed by atoms with van der Waals surface area (Å²) in [4.78, 5) is 22.6. The van der Waals surface area contributed by atoms with Crippen LogP contribution >= 0.6 is 0 Å². The molecule has 6 nitrogen and oxygen atoms in total. The average molecular weight is 322 g/mol. The largest absolute Gasteiger partial charge is 0.507 e. The van der Waals surface area contributed by atoms with Crippen molar-refractivity contribution in [2.75, 3.05) is 20.3 Å². The molecule has 0 saturated heterocycles. The van der Waals surface area contributed by atoms with E-state index < -0.39 is 11.8 Å². The lowest BCUT2D eigenvalue weighted by Gasteiger charge is -2.13. The fourth-order valence-electron chi connectivity index (χ4n) is 1.72. The van der Waals surface area contributed by atoms with E-state index in [9.17, 15) is 14.7 Å². The van der Waals surface area contributed by atoms with Gasteiger partial charge in [-0.05, 0) is 25.0 Å². The Balaban J connectivity index is 3.09. The fraction of sp³-hybridized carbons (Fsp3) is 0.412. The SMILES string of the molecule is CCCOc1ccc(/C(O)=C/C(=O)C(=O)OC)c(OCCC)c1. The molecule has 1 rings (SSSR count). The van der Waals surface area contributed by atoms with Crippen molar-refractivity contribution >= 4 is 17.5 Å². The van der Waals surface area contributed by atoms with Gasteiger partial charge in [-0.25, -0.2) is 4.79 Å². The number of methoxy groups -OCH3 is 1. The third kappa shape index (κ3) is 5.65. The Morgan fingerprint density at radius 2 is 1.78 bits per heavy atom. The van der Waals surface area contributed by atoms with Gasteiger partial charge in [0.2, 0.25) is 0 Å². The highest BCUT2D eigenvalue weighted by Gasteiger charge is 2.16. The minimum Gasteiger partial charge on any atom is -0.507 e. The maximum atomic E-state index is 11.5. The lowest BCUT2D eigenvalue weighted by Crippen LogP contribution is -2.13. The molecule has 126 valence electrons. The van der Waals surface area contributed by atoms with Gasteiger partial charge >= 0.3 is 5.97 Å². The van der Waals surface area contributed by atoms with Gasteiger partial charge in [0.15, 0.2) is 0 Å². The molecule has 0 aromatic heterocycles. The Kier molecular flexibility index (Phi) is 7.66. The Morgan fingerprint density at radius 3 is 2.39 bits per heavy atom. The summed E-state index contributed by atoms with van der Waals surface area (Å²) in [6.45, 7) is 4.96. The van der Waals surface area contributed by atoms with Gasteiger partial charge in [0, 0.05) is 12.1 Å². The van der Waals surface area contributed by atoms with Crippen LogP contribution in [0.3, 0.4) is 0 Å². The first-order valence-electron chi connectivity index (χ1n) is 7.46. The van der Waals surface area contributed by atoms with Crippen LogP contribution in [0.2, 0.25) is 0 Å². The number of aliphatic hydroxyl groups excluding tert-OH is 1. The van der Waals surface area contributed by atoms with Crippen molar-refractivity contribution < 1.29 is 28.9 Å². The number of rotatable bonds is 9. The number of aliphatic hydroxyl groups is 1. The van der Waals surface area contributed by atoms with Crippen LogP contribution in [0.15, 0.2) is 24.3 Å². The zero-order valence-corrected chi connectivity index (χ0v) is 13.6. The van der Waals surface area contributed by atoms with E-state index in [1.165, 1.54) is 0 Å². The Hall–Kier alpha value is -2.50. The van der Waals surface area contributed by atoms with Gasteiger partial charge < -0.3 is 19.3 Å². The standard InChI is InChI=1S/C17H22O6/c1-4-8-22-12-6-7-13(16(10-12)23-9-5-2)14(18)11-15(19)17(20)21-3/h6-7,10-11,18H,4-5,8-9H2,1-3H3/b14-11-. The second kappa shape index (κ2) is 9.50. The summed E-state index contributed by atoms with van der Waals surface area (Å²) in [5.74, 6) is -1.37. The van der Waals surface area contributed by atoms with Crippen LogP contribution in [0.5, 0.6) is 11.5 Å². The van der Waals surface area contributed by atoms with Gasteiger partial charge in [-0.15, -0.1) is 0 Å². The van der Waals surface area contributed by atoms with Crippen molar-refractivity contribution in [2.24, 2.45) is 0 Å². The lowest BCUT2D eigenvalue weighted by atomic mass is 10.1. The summed E-state index contributed by atoms with van der Waals surface area (Å²) < 4.78 is 15.4. The molecule has 1 aromatic rings. The predicted octanol–water partition coefficient (Wildman–Crippen LogP) is 2.91. The molecule has 23 heavy (non-hydrogen) atoms. The zero-order valence-electron chi connectivity index (χ0n) is 13.6. The maximum Gasteiger partial charge on any atom is 0.378 e. The molecule has 0 aliphatic rings. The van der Waals surface area contributed by atoms with Crippen LogP contribution in [-0.2, 0) is 14.3 Å². The Labute approximate surface area is 135 Å². The predicted molar refractivity (Wildman–Crippen MR) is 85.6 cm³/mol. The number of esters is 1. The summed E-state index contributed by atoms with van der Waals surface area (Å²) in [5.41, 5.74) is 0.305. The highest BCUT2D eigenvalue weighted by molar-refractivity contribution is 6.39. The summed E-state index contributed by atoms with van der Waals surface area (Å²) in [6.07, 6.45) is 2.46. The molecule has 0 unspecified atom stereocenters. The van der Waals surface area contributed by atoms with Crippen molar-refractivity contribution in [3.63, 3.8) is 0 Å². The van der Waals surface area contributed by atoms with Crippen LogP contribution in [-0.4, -0.2) is 37.2 Å². The fourth-order valence-corrected chi connectivity index (χ4v) is 1.72. The van der Waals surface area contributed by atoms with Crippen LogP contribution in [0.25, 0.3) is 5.76 Å². The minimum atomic E-state index is -1.05. The van der Waals surface area contributed by atoms with Gasteiger partial charge in [0.1, 0.15) is 17.3 Å². The van der Waals surface area contributed by atoms with Gasteiger partial charge in [0.25, 0.3) is 5.78 Å². The second-order valence-corrected chi connectivity index (χ2v) is 4.74. The number of carbonyl (C=O) groups excluding carboxylic acids is 2. The molecule has 0 heterocycles. The van der Waals surface area contributed by atoms with E-state index in [1.807, 2.05) is 13.8 Å². The van der Waals surface area contributed by atoms with E-state index in [2.05, 4.69) is 4.74 Å². The zero-order chi connectivity index (χ0) is 17.2. The Morgan fingerprint density at radius 1 is 1.13 bits per heavy atom. The molecule has 0 aliphatic carbocycles. The van der Waals surface area contributed by atoms with E-state index in [0.717, 1.165) is 26.0 Å². The van der Waals surface area contributed by atoms with E-state index in [1.54, 1.807) is 18.2 Å². The monoisotopic (exact) mass is 322 g/mol. The van der Waals surface area contributed by atoms with Crippen LogP contribution < -0.4 is 9.47 Å². The van der Waals surface area contributed by atoms with Crippen molar-refractivity contribution in [3.8, 4) is 11.5 Å². The highest BCUT2D eigenvalue weighted by atomic mass is 16.5. The molecule has 0 amide bonds. The maximum absolute atomic E-state index is 11.5. The first-order valence-corrected chi connectivity index (χ1v) is 7.46. The number of ether oxygens (including phenoxy) is 3. The van der Waals surface area contributed by atoms with E-state index >= 15 is 0 Å². The summed E-state index contributed by atoms with van der Waals surface area (Å²) in [6, 6.07) is 4.89. The molecule has 0 spiro atoms. The van der Waals surface area contributed by atoms with Gasteiger partial charge in [0.05, 0.1) is 25.9 Å². The quantitative estimate of drug-likeness (QED) is 0.326. The molecule has 0 atom stereocenters. The third-order valence-electron chi connectivity index (χ3n) is 2.82. The van der Waals surface area contributed by atoms with Crippen molar-refractivity contribution in [1.29, 1.82) is 0 Å². The number of ketones is 1. The number of hydrogen-bond acceptors (Lipinski definition) is 6. The molecule has 0 bridgehead atoms. The van der Waals surface area contributed by atoms with Gasteiger partial charge in [-0.1, -0.05) is 13.8 Å². The van der Waals surface area contributed by atoms with E-state index in [4.69, 9.17) is 9.47 Å². The summed E-state index contributed by atoms with van der Waals surface area (Å²) in [5, 5.41) is 10.1. The molecule has 0 saturated carbocycles. The molecular weight excluding hydrogens is 300 g/mol. The van der Waals surface area contributed by atoms with Crippen LogP contribution in [0.1, 0.15) is 32.3 Å². The first-order chi connectivity index (χ1) is 11.0. The van der Waals surface area contributed by atoms with E-state index in [0.29, 0.717) is 30.3 Å².